The van der Waals surface area contributed by atoms with Crippen LogP contribution >= 0.6 is 0 Å². The summed E-state index contributed by atoms with van der Waals surface area (Å²) in [4.78, 5) is 37.4. The average Bonchev–Trinajstić information content (AvgIpc) is 2.56. The third-order valence-corrected chi connectivity index (χ3v) is 3.92. The Morgan fingerprint density at radius 2 is 2.00 bits per heavy atom. The molecule has 0 unspecified atom stereocenters. The number of nitrogens with one attached hydrogen (secondary N) is 1. The van der Waals surface area contributed by atoms with Crippen LogP contribution < -0.4 is 10.9 Å². The molecule has 1 aliphatic rings. The van der Waals surface area contributed by atoms with Crippen molar-refractivity contribution in [2.75, 3.05) is 20.1 Å². The predicted octanol–water partition coefficient (Wildman–Crippen LogP) is 0.252. The van der Waals surface area contributed by atoms with Crippen LogP contribution in [0.25, 0.3) is 0 Å². The minimum Gasteiger partial charge on any atom is -0.359 e. The smallest absolute Gasteiger partial charge is 0.274 e. The molecule has 1 fully saturated rings. The SMILES string of the molecule is CCCn1nc(C(=O)N2CCC(C(=O)NC)CC2)ccc1=O. The summed E-state index contributed by atoms with van der Waals surface area (Å²) in [5.74, 6) is -0.182. The number of aryl methyl sites for hydroxylation is 1. The fourth-order valence-corrected chi connectivity index (χ4v) is 2.65. The van der Waals surface area contributed by atoms with Crippen molar-refractivity contribution in [3.05, 3.63) is 28.2 Å². The van der Waals surface area contributed by atoms with Gasteiger partial charge in [-0.1, -0.05) is 6.92 Å². The van der Waals surface area contributed by atoms with Gasteiger partial charge in [0.25, 0.3) is 11.5 Å². The third kappa shape index (κ3) is 3.52. The predicted molar refractivity (Wildman–Crippen MR) is 81.5 cm³/mol. The molecule has 2 rings (SSSR count). The monoisotopic (exact) mass is 306 g/mol. The zero-order valence-electron chi connectivity index (χ0n) is 13.0. The van der Waals surface area contributed by atoms with Crippen molar-refractivity contribution >= 4 is 11.8 Å². The van der Waals surface area contributed by atoms with Gasteiger partial charge in [0, 0.05) is 38.7 Å². The molecule has 1 saturated heterocycles. The van der Waals surface area contributed by atoms with E-state index >= 15 is 0 Å². The third-order valence-electron chi connectivity index (χ3n) is 3.92. The molecule has 0 saturated carbocycles. The number of aromatic nitrogens is 2. The van der Waals surface area contributed by atoms with Gasteiger partial charge in [0.2, 0.25) is 5.91 Å². The molecule has 22 heavy (non-hydrogen) atoms. The fraction of sp³-hybridized carbons (Fsp3) is 0.600. The summed E-state index contributed by atoms with van der Waals surface area (Å²) in [7, 11) is 1.63. The molecule has 0 radical (unpaired) electrons. The van der Waals surface area contributed by atoms with Gasteiger partial charge in [-0.3, -0.25) is 14.4 Å². The van der Waals surface area contributed by atoms with Gasteiger partial charge >= 0.3 is 0 Å². The second-order valence-corrected chi connectivity index (χ2v) is 5.46. The number of hydrogen-bond acceptors (Lipinski definition) is 4. The van der Waals surface area contributed by atoms with E-state index < -0.39 is 0 Å². The minimum atomic E-state index is -0.197. The van der Waals surface area contributed by atoms with E-state index in [1.165, 1.54) is 16.8 Å². The Labute approximate surface area is 129 Å². The first-order valence-corrected chi connectivity index (χ1v) is 7.65. The molecule has 1 aromatic rings. The second kappa shape index (κ2) is 7.20. The van der Waals surface area contributed by atoms with Crippen molar-refractivity contribution in [3.8, 4) is 0 Å². The van der Waals surface area contributed by atoms with E-state index in [9.17, 15) is 14.4 Å². The first-order valence-electron chi connectivity index (χ1n) is 7.65. The quantitative estimate of drug-likeness (QED) is 0.864. The van der Waals surface area contributed by atoms with Crippen LogP contribution in [0.5, 0.6) is 0 Å². The number of likely N-dealkylation sites (tertiary alicyclic amines) is 1. The van der Waals surface area contributed by atoms with Crippen LogP contribution in [0.1, 0.15) is 36.7 Å². The highest BCUT2D eigenvalue weighted by Crippen LogP contribution is 2.18. The topological polar surface area (TPSA) is 84.3 Å². The van der Waals surface area contributed by atoms with E-state index in [0.717, 1.165) is 6.42 Å². The van der Waals surface area contributed by atoms with Gasteiger partial charge in [0.15, 0.2) is 0 Å². The molecule has 0 spiro atoms. The lowest BCUT2D eigenvalue weighted by atomic mass is 9.96. The van der Waals surface area contributed by atoms with Gasteiger partial charge in [-0.25, -0.2) is 4.68 Å². The summed E-state index contributed by atoms with van der Waals surface area (Å²) < 4.78 is 1.32. The number of hydrogen-bond donors (Lipinski definition) is 1. The van der Waals surface area contributed by atoms with E-state index in [4.69, 9.17) is 0 Å². The van der Waals surface area contributed by atoms with E-state index in [-0.39, 0.29) is 29.0 Å². The van der Waals surface area contributed by atoms with Crippen LogP contribution in [0.4, 0.5) is 0 Å². The second-order valence-electron chi connectivity index (χ2n) is 5.46. The summed E-state index contributed by atoms with van der Waals surface area (Å²) in [5, 5.41) is 6.79. The Bertz CT molecular complexity index is 603. The molecule has 1 N–H and O–H groups in total. The first-order chi connectivity index (χ1) is 10.6. The van der Waals surface area contributed by atoms with Crippen molar-refractivity contribution in [3.63, 3.8) is 0 Å². The van der Waals surface area contributed by atoms with Crippen molar-refractivity contribution < 1.29 is 9.59 Å². The van der Waals surface area contributed by atoms with E-state index in [0.29, 0.717) is 32.5 Å². The molecular formula is C15H22N4O3. The maximum atomic E-state index is 12.5. The van der Waals surface area contributed by atoms with Crippen LogP contribution in [-0.2, 0) is 11.3 Å². The van der Waals surface area contributed by atoms with Crippen molar-refractivity contribution in [2.45, 2.75) is 32.7 Å². The Morgan fingerprint density at radius 3 is 2.59 bits per heavy atom. The molecule has 2 amide bonds. The fourth-order valence-electron chi connectivity index (χ4n) is 2.65. The summed E-state index contributed by atoms with van der Waals surface area (Å²) >= 11 is 0. The minimum absolute atomic E-state index is 0.0294. The lowest BCUT2D eigenvalue weighted by molar-refractivity contribution is -0.125. The summed E-state index contributed by atoms with van der Waals surface area (Å²) in [6, 6.07) is 2.86. The van der Waals surface area contributed by atoms with Gasteiger partial charge in [-0.05, 0) is 25.3 Å². The lowest BCUT2D eigenvalue weighted by Crippen LogP contribution is -2.43. The highest BCUT2D eigenvalue weighted by atomic mass is 16.2. The molecular weight excluding hydrogens is 284 g/mol. The Kier molecular flexibility index (Phi) is 5.30. The van der Waals surface area contributed by atoms with Gasteiger partial charge in [-0.2, -0.15) is 5.10 Å². The van der Waals surface area contributed by atoms with E-state index in [1.54, 1.807) is 11.9 Å². The Hall–Kier alpha value is -2.18. The van der Waals surface area contributed by atoms with E-state index in [1.807, 2.05) is 6.92 Å². The van der Waals surface area contributed by atoms with Crippen LogP contribution in [0.2, 0.25) is 0 Å². The van der Waals surface area contributed by atoms with Crippen LogP contribution in [0.15, 0.2) is 16.9 Å². The van der Waals surface area contributed by atoms with Crippen molar-refractivity contribution in [1.29, 1.82) is 0 Å². The zero-order chi connectivity index (χ0) is 16.1. The highest BCUT2D eigenvalue weighted by molar-refractivity contribution is 5.92. The van der Waals surface area contributed by atoms with Gasteiger partial charge in [0.05, 0.1) is 0 Å². The standard InChI is InChI=1S/C15H22N4O3/c1-3-8-19-13(20)5-4-12(17-19)15(22)18-9-6-11(7-10-18)14(21)16-2/h4-5,11H,3,6-10H2,1-2H3,(H,16,21). The van der Waals surface area contributed by atoms with Crippen LogP contribution in [0.3, 0.4) is 0 Å². The number of carbonyl (C=O) groups is 2. The summed E-state index contributed by atoms with van der Waals surface area (Å²) in [6.45, 7) is 3.52. The molecule has 0 aliphatic carbocycles. The molecule has 0 atom stereocenters. The molecule has 1 aromatic heterocycles. The van der Waals surface area contributed by atoms with Crippen molar-refractivity contribution in [2.24, 2.45) is 5.92 Å². The van der Waals surface area contributed by atoms with Gasteiger partial charge in [0.1, 0.15) is 5.69 Å². The average molecular weight is 306 g/mol. The first kappa shape index (κ1) is 16.2. The lowest BCUT2D eigenvalue weighted by Gasteiger charge is -2.30. The van der Waals surface area contributed by atoms with Crippen molar-refractivity contribution in [1.82, 2.24) is 20.0 Å². The normalized spacial score (nSPS) is 15.6. The zero-order valence-corrected chi connectivity index (χ0v) is 13.0. The number of piperidine rings is 1. The van der Waals surface area contributed by atoms with Gasteiger partial charge < -0.3 is 10.2 Å². The largest absolute Gasteiger partial charge is 0.359 e. The maximum absolute atomic E-state index is 12.5. The highest BCUT2D eigenvalue weighted by Gasteiger charge is 2.27. The van der Waals surface area contributed by atoms with Crippen LogP contribution in [-0.4, -0.2) is 46.6 Å². The molecule has 0 aromatic carbocycles. The van der Waals surface area contributed by atoms with Crippen LogP contribution in [0, 0.1) is 5.92 Å². The molecule has 7 heteroatoms. The molecule has 0 bridgehead atoms. The summed E-state index contributed by atoms with van der Waals surface area (Å²) in [6.07, 6.45) is 2.09. The summed E-state index contributed by atoms with van der Waals surface area (Å²) in [5.41, 5.74) is 0.0863. The Morgan fingerprint density at radius 1 is 1.32 bits per heavy atom. The molecule has 7 nitrogen and oxygen atoms in total. The van der Waals surface area contributed by atoms with Gasteiger partial charge in [-0.15, -0.1) is 0 Å². The number of nitrogens with zero attached hydrogens (tertiary/aromatic N) is 3. The van der Waals surface area contributed by atoms with E-state index in [2.05, 4.69) is 10.4 Å². The number of rotatable bonds is 4. The number of carbonyl (C=O) groups excluding carboxylic acids is 2. The Balaban J connectivity index is 2.05. The molecule has 120 valence electrons. The molecule has 1 aliphatic heterocycles. The maximum Gasteiger partial charge on any atom is 0.274 e. The number of amides is 2. The molecule has 2 heterocycles.